The molecule has 0 N–H and O–H groups in total. The summed E-state index contributed by atoms with van der Waals surface area (Å²) in [6, 6.07) is 0. The summed E-state index contributed by atoms with van der Waals surface area (Å²) in [6.45, 7) is 8.89. The highest BCUT2D eigenvalue weighted by Crippen LogP contribution is 2.54. The molecule has 23 heavy (non-hydrogen) atoms. The van der Waals surface area contributed by atoms with Gasteiger partial charge in [-0.1, -0.05) is 20.8 Å². The predicted molar refractivity (Wildman–Crippen MR) is 82.4 cm³/mol. The van der Waals surface area contributed by atoms with Crippen LogP contribution in [0, 0.1) is 22.7 Å². The minimum Gasteiger partial charge on any atom is -0.469 e. The Bertz CT molecular complexity index is 475. The lowest BCUT2D eigenvalue weighted by Crippen LogP contribution is -2.63. The molecule has 1 spiro atoms. The maximum Gasteiger partial charge on any atom is 0.312 e. The number of carbonyl (C=O) groups excluding carboxylic acids is 2. The molecule has 2 aliphatic rings. The quantitative estimate of drug-likeness (QED) is 0.723. The zero-order valence-corrected chi connectivity index (χ0v) is 14.9. The van der Waals surface area contributed by atoms with Crippen molar-refractivity contribution < 1.29 is 28.5 Å². The van der Waals surface area contributed by atoms with E-state index in [1.807, 2.05) is 6.92 Å². The number of ether oxygens (including phenoxy) is 4. The van der Waals surface area contributed by atoms with Crippen LogP contribution < -0.4 is 0 Å². The van der Waals surface area contributed by atoms with Crippen LogP contribution in [0.4, 0.5) is 0 Å². The lowest BCUT2D eigenvalue weighted by atomic mass is 9.58. The van der Waals surface area contributed by atoms with Gasteiger partial charge < -0.3 is 18.9 Å². The van der Waals surface area contributed by atoms with E-state index < -0.39 is 29.1 Å². The SMILES string of the molecule is COC(=O)[C@H]1CCC2(OCC(C)(C)CO2)[C@H](C)[C@@]1(C)C(=O)OC. The average molecular weight is 328 g/mol. The van der Waals surface area contributed by atoms with E-state index in [1.54, 1.807) is 6.92 Å². The Hall–Kier alpha value is -1.14. The lowest BCUT2D eigenvalue weighted by molar-refractivity contribution is -0.348. The molecule has 0 aromatic carbocycles. The van der Waals surface area contributed by atoms with E-state index in [-0.39, 0.29) is 11.3 Å². The van der Waals surface area contributed by atoms with E-state index in [0.717, 1.165) is 0 Å². The summed E-state index contributed by atoms with van der Waals surface area (Å²) < 4.78 is 22.1. The van der Waals surface area contributed by atoms with Gasteiger partial charge in [0.05, 0.1) is 38.8 Å². The van der Waals surface area contributed by atoms with Gasteiger partial charge in [0.25, 0.3) is 0 Å². The molecule has 2 rings (SSSR count). The third-order valence-electron chi connectivity index (χ3n) is 5.59. The summed E-state index contributed by atoms with van der Waals surface area (Å²) in [4.78, 5) is 24.8. The van der Waals surface area contributed by atoms with Crippen molar-refractivity contribution in [2.45, 2.75) is 46.3 Å². The van der Waals surface area contributed by atoms with Crippen molar-refractivity contribution in [3.8, 4) is 0 Å². The van der Waals surface area contributed by atoms with E-state index in [2.05, 4.69) is 13.8 Å². The van der Waals surface area contributed by atoms with Gasteiger partial charge in [0.15, 0.2) is 5.79 Å². The minimum absolute atomic E-state index is 0.0637. The second-order valence-electron chi connectivity index (χ2n) is 7.66. The largest absolute Gasteiger partial charge is 0.469 e. The van der Waals surface area contributed by atoms with Gasteiger partial charge in [-0.15, -0.1) is 0 Å². The van der Waals surface area contributed by atoms with Crippen molar-refractivity contribution in [1.82, 2.24) is 0 Å². The monoisotopic (exact) mass is 328 g/mol. The number of methoxy groups -OCH3 is 2. The van der Waals surface area contributed by atoms with Crippen LogP contribution in [0.5, 0.6) is 0 Å². The van der Waals surface area contributed by atoms with Gasteiger partial charge in [-0.2, -0.15) is 0 Å². The summed E-state index contributed by atoms with van der Waals surface area (Å²) in [7, 11) is 2.67. The van der Waals surface area contributed by atoms with Crippen LogP contribution in [-0.4, -0.2) is 45.2 Å². The summed E-state index contributed by atoms with van der Waals surface area (Å²) in [6.07, 6.45) is 1.01. The molecule has 132 valence electrons. The van der Waals surface area contributed by atoms with Crippen LogP contribution in [0.1, 0.15) is 40.5 Å². The molecular formula is C17H28O6. The minimum atomic E-state index is -1.05. The number of esters is 2. The van der Waals surface area contributed by atoms with Crippen LogP contribution in [-0.2, 0) is 28.5 Å². The molecule has 0 bridgehead atoms. The number of hydrogen-bond acceptors (Lipinski definition) is 6. The highest BCUT2D eigenvalue weighted by atomic mass is 16.7. The Balaban J connectivity index is 2.36. The lowest BCUT2D eigenvalue weighted by Gasteiger charge is -2.55. The number of rotatable bonds is 2. The first kappa shape index (κ1) is 18.2. The first-order valence-corrected chi connectivity index (χ1v) is 8.07. The van der Waals surface area contributed by atoms with Crippen molar-refractivity contribution in [2.24, 2.45) is 22.7 Å². The Morgan fingerprint density at radius 1 is 1.04 bits per heavy atom. The molecule has 1 aliphatic heterocycles. The Labute approximate surface area is 137 Å². The van der Waals surface area contributed by atoms with Crippen LogP contribution in [0.15, 0.2) is 0 Å². The zero-order valence-electron chi connectivity index (χ0n) is 14.9. The van der Waals surface area contributed by atoms with E-state index >= 15 is 0 Å². The van der Waals surface area contributed by atoms with Crippen molar-refractivity contribution in [3.63, 3.8) is 0 Å². The van der Waals surface area contributed by atoms with Crippen LogP contribution in [0.3, 0.4) is 0 Å². The van der Waals surface area contributed by atoms with E-state index in [1.165, 1.54) is 14.2 Å². The van der Waals surface area contributed by atoms with Crippen LogP contribution >= 0.6 is 0 Å². The van der Waals surface area contributed by atoms with Gasteiger partial charge in [-0.3, -0.25) is 9.59 Å². The molecule has 6 heteroatoms. The maximum absolute atomic E-state index is 12.5. The molecule has 1 aliphatic carbocycles. The summed E-state index contributed by atoms with van der Waals surface area (Å²) >= 11 is 0. The smallest absolute Gasteiger partial charge is 0.312 e. The molecule has 3 atom stereocenters. The number of hydrogen-bond donors (Lipinski definition) is 0. The molecular weight excluding hydrogens is 300 g/mol. The van der Waals surface area contributed by atoms with E-state index in [9.17, 15) is 9.59 Å². The fourth-order valence-corrected chi connectivity index (χ4v) is 3.78. The molecule has 1 heterocycles. The van der Waals surface area contributed by atoms with Gasteiger partial charge in [-0.25, -0.2) is 0 Å². The third kappa shape index (κ3) is 2.87. The van der Waals surface area contributed by atoms with Crippen molar-refractivity contribution in [2.75, 3.05) is 27.4 Å². The van der Waals surface area contributed by atoms with Gasteiger partial charge in [0.2, 0.25) is 0 Å². The molecule has 1 saturated heterocycles. The summed E-state index contributed by atoms with van der Waals surface area (Å²) in [5.74, 6) is -2.59. The molecule has 0 unspecified atom stereocenters. The molecule has 0 radical (unpaired) electrons. The van der Waals surface area contributed by atoms with Gasteiger partial charge in [0, 0.05) is 17.8 Å². The van der Waals surface area contributed by atoms with Crippen molar-refractivity contribution in [3.05, 3.63) is 0 Å². The maximum atomic E-state index is 12.5. The summed E-state index contributed by atoms with van der Waals surface area (Å²) in [5, 5.41) is 0. The van der Waals surface area contributed by atoms with Gasteiger partial charge >= 0.3 is 11.9 Å². The predicted octanol–water partition coefficient (Wildman–Crippen LogP) is 2.15. The Kier molecular flexibility index (Phi) is 4.79. The van der Waals surface area contributed by atoms with Crippen LogP contribution in [0.25, 0.3) is 0 Å². The molecule has 0 aromatic heterocycles. The van der Waals surface area contributed by atoms with Crippen molar-refractivity contribution in [1.29, 1.82) is 0 Å². The third-order valence-corrected chi connectivity index (χ3v) is 5.59. The molecule has 0 amide bonds. The fourth-order valence-electron chi connectivity index (χ4n) is 3.78. The van der Waals surface area contributed by atoms with Crippen molar-refractivity contribution >= 4 is 11.9 Å². The highest BCUT2D eigenvalue weighted by Gasteiger charge is 2.63. The second-order valence-corrected chi connectivity index (χ2v) is 7.66. The molecule has 2 fully saturated rings. The fraction of sp³-hybridized carbons (Fsp3) is 0.882. The topological polar surface area (TPSA) is 71.1 Å². The Morgan fingerprint density at radius 2 is 1.61 bits per heavy atom. The van der Waals surface area contributed by atoms with Gasteiger partial charge in [-0.05, 0) is 13.3 Å². The molecule has 6 nitrogen and oxygen atoms in total. The highest BCUT2D eigenvalue weighted by molar-refractivity contribution is 5.85. The number of carbonyl (C=O) groups is 2. The zero-order chi connectivity index (χ0) is 17.5. The Morgan fingerprint density at radius 3 is 2.09 bits per heavy atom. The normalized spacial score (nSPS) is 35.6. The first-order valence-electron chi connectivity index (χ1n) is 8.07. The molecule has 0 aromatic rings. The standard InChI is InChI=1S/C17H28O6/c1-11-16(4,14(19)21-6)12(13(18)20-5)7-8-17(11)22-9-15(2,3)10-23-17/h11-12H,7-10H2,1-6H3/t11-,12-,16-/m1/s1. The van der Waals surface area contributed by atoms with E-state index in [0.29, 0.717) is 26.1 Å². The average Bonchev–Trinajstić information content (AvgIpc) is 2.53. The van der Waals surface area contributed by atoms with Crippen LogP contribution in [0.2, 0.25) is 0 Å². The molecule has 1 saturated carbocycles. The van der Waals surface area contributed by atoms with Gasteiger partial charge in [0.1, 0.15) is 0 Å². The first-order chi connectivity index (χ1) is 10.6. The second kappa shape index (κ2) is 6.06. The summed E-state index contributed by atoms with van der Waals surface area (Å²) in [5.41, 5.74) is -1.12. The van der Waals surface area contributed by atoms with E-state index in [4.69, 9.17) is 18.9 Å².